The van der Waals surface area contributed by atoms with Gasteiger partial charge in [-0.15, -0.1) is 0 Å². The number of benzene rings is 1. The summed E-state index contributed by atoms with van der Waals surface area (Å²) in [6, 6.07) is 5.93. The van der Waals surface area contributed by atoms with Crippen LogP contribution in [-0.4, -0.2) is 11.7 Å². The van der Waals surface area contributed by atoms with Gasteiger partial charge in [0, 0.05) is 24.2 Å². The van der Waals surface area contributed by atoms with Gasteiger partial charge in [-0.05, 0) is 6.07 Å². The summed E-state index contributed by atoms with van der Waals surface area (Å²) in [6.07, 6.45) is 2.00. The van der Waals surface area contributed by atoms with Crippen molar-refractivity contribution in [3.8, 4) is 5.75 Å². The first-order valence-corrected chi connectivity index (χ1v) is 4.70. The van der Waals surface area contributed by atoms with Crippen LogP contribution in [0.4, 0.5) is 0 Å². The fraction of sp³-hybridized carbons (Fsp3) is 0.273. The first kappa shape index (κ1) is 10.0. The van der Waals surface area contributed by atoms with E-state index in [-0.39, 0.29) is 0 Å². The molecule has 0 amide bonds. The summed E-state index contributed by atoms with van der Waals surface area (Å²) in [7, 11) is 3.64. The second kappa shape index (κ2) is 3.92. The molecule has 80 valence electrons. The van der Waals surface area contributed by atoms with Crippen molar-refractivity contribution in [2.75, 3.05) is 7.11 Å². The monoisotopic (exact) mass is 206 g/mol. The van der Waals surface area contributed by atoms with Gasteiger partial charge in [0.05, 0.1) is 19.2 Å². The Morgan fingerprint density at radius 1 is 1.40 bits per heavy atom. The minimum Gasteiger partial charge on any atom is -0.495 e. The van der Waals surface area contributed by atoms with E-state index in [1.165, 1.54) is 0 Å². The van der Waals surface area contributed by atoms with E-state index in [2.05, 4.69) is 4.84 Å². The molecule has 2 rings (SSSR count). The highest BCUT2D eigenvalue weighted by molar-refractivity contribution is 5.89. The topological polar surface area (TPSA) is 49.4 Å². The van der Waals surface area contributed by atoms with Crippen molar-refractivity contribution in [2.45, 2.75) is 6.61 Å². The molecule has 1 aromatic heterocycles. The third-order valence-electron chi connectivity index (χ3n) is 2.51. The van der Waals surface area contributed by atoms with E-state index in [9.17, 15) is 0 Å². The molecule has 0 saturated heterocycles. The van der Waals surface area contributed by atoms with E-state index in [1.807, 2.05) is 36.0 Å². The van der Waals surface area contributed by atoms with Gasteiger partial charge in [-0.1, -0.05) is 12.1 Å². The molecule has 4 nitrogen and oxygen atoms in total. The zero-order valence-electron chi connectivity index (χ0n) is 8.86. The smallest absolute Gasteiger partial charge is 0.143 e. The minimum absolute atomic E-state index is 0.407. The lowest BCUT2D eigenvalue weighted by molar-refractivity contribution is 0.125. The fourth-order valence-electron chi connectivity index (χ4n) is 1.88. The standard InChI is InChI=1S/C11H14N2O2/c1-13-6-8(7-15-12)9-4-3-5-10(14-2)11(9)13/h3-6H,7,12H2,1-2H3. The molecule has 0 unspecified atom stereocenters. The van der Waals surface area contributed by atoms with Gasteiger partial charge in [0.2, 0.25) is 0 Å². The zero-order valence-corrected chi connectivity index (χ0v) is 8.86. The zero-order chi connectivity index (χ0) is 10.8. The maximum absolute atomic E-state index is 5.31. The quantitative estimate of drug-likeness (QED) is 0.775. The number of fused-ring (bicyclic) bond motifs is 1. The summed E-state index contributed by atoms with van der Waals surface area (Å²) in [5.74, 6) is 5.95. The Bertz CT molecular complexity index is 477. The molecule has 0 spiro atoms. The predicted molar refractivity (Wildman–Crippen MR) is 58.4 cm³/mol. The van der Waals surface area contributed by atoms with Crippen LogP contribution < -0.4 is 10.6 Å². The van der Waals surface area contributed by atoms with Crippen molar-refractivity contribution in [3.63, 3.8) is 0 Å². The van der Waals surface area contributed by atoms with Crippen LogP contribution in [0.2, 0.25) is 0 Å². The molecular formula is C11H14N2O2. The maximum Gasteiger partial charge on any atom is 0.143 e. The maximum atomic E-state index is 5.31. The molecule has 0 aliphatic heterocycles. The highest BCUT2D eigenvalue weighted by Crippen LogP contribution is 2.29. The summed E-state index contributed by atoms with van der Waals surface area (Å²) in [5, 5.41) is 1.11. The minimum atomic E-state index is 0.407. The van der Waals surface area contributed by atoms with Gasteiger partial charge >= 0.3 is 0 Å². The molecular weight excluding hydrogens is 192 g/mol. The number of para-hydroxylation sites is 1. The van der Waals surface area contributed by atoms with E-state index in [0.717, 1.165) is 22.2 Å². The largest absolute Gasteiger partial charge is 0.495 e. The summed E-state index contributed by atoms with van der Waals surface area (Å²) in [6.45, 7) is 0.407. The van der Waals surface area contributed by atoms with E-state index < -0.39 is 0 Å². The van der Waals surface area contributed by atoms with Crippen LogP contribution in [0, 0.1) is 0 Å². The van der Waals surface area contributed by atoms with Crippen LogP contribution in [0.1, 0.15) is 5.56 Å². The highest BCUT2D eigenvalue weighted by atomic mass is 16.6. The lowest BCUT2D eigenvalue weighted by Gasteiger charge is -2.03. The number of nitrogens with two attached hydrogens (primary N) is 1. The molecule has 4 heteroatoms. The van der Waals surface area contributed by atoms with Crippen LogP contribution >= 0.6 is 0 Å². The number of methoxy groups -OCH3 is 1. The van der Waals surface area contributed by atoms with Crippen LogP contribution in [0.15, 0.2) is 24.4 Å². The molecule has 0 atom stereocenters. The van der Waals surface area contributed by atoms with Crippen LogP contribution in [0.25, 0.3) is 10.9 Å². The summed E-state index contributed by atoms with van der Waals surface area (Å²) >= 11 is 0. The Kier molecular flexibility index (Phi) is 2.62. The molecule has 0 saturated carbocycles. The van der Waals surface area contributed by atoms with Crippen molar-refractivity contribution in [1.29, 1.82) is 0 Å². The van der Waals surface area contributed by atoms with Gasteiger partial charge in [0.1, 0.15) is 5.75 Å². The van der Waals surface area contributed by atoms with Crippen molar-refractivity contribution in [3.05, 3.63) is 30.0 Å². The van der Waals surface area contributed by atoms with E-state index >= 15 is 0 Å². The van der Waals surface area contributed by atoms with E-state index in [4.69, 9.17) is 10.6 Å². The Balaban J connectivity index is 2.68. The van der Waals surface area contributed by atoms with Gasteiger partial charge in [0.15, 0.2) is 0 Å². The van der Waals surface area contributed by atoms with Crippen LogP contribution in [0.3, 0.4) is 0 Å². The second-order valence-electron chi connectivity index (χ2n) is 3.43. The Hall–Kier alpha value is -1.52. The second-order valence-corrected chi connectivity index (χ2v) is 3.43. The third-order valence-corrected chi connectivity index (χ3v) is 2.51. The average Bonchev–Trinajstić information content (AvgIpc) is 2.57. The van der Waals surface area contributed by atoms with Gasteiger partial charge in [-0.3, -0.25) is 4.84 Å². The number of aryl methyl sites for hydroxylation is 1. The molecule has 2 aromatic rings. The Labute approximate surface area is 88.1 Å². The molecule has 0 aliphatic carbocycles. The van der Waals surface area contributed by atoms with E-state index in [1.54, 1.807) is 7.11 Å². The number of ether oxygens (including phenoxy) is 1. The first-order chi connectivity index (χ1) is 7.27. The number of hydrogen-bond acceptors (Lipinski definition) is 3. The predicted octanol–water partition coefficient (Wildman–Crippen LogP) is 1.58. The van der Waals surface area contributed by atoms with Crippen molar-refractivity contribution in [2.24, 2.45) is 12.9 Å². The van der Waals surface area contributed by atoms with Crippen LogP contribution in [0.5, 0.6) is 5.75 Å². The lowest BCUT2D eigenvalue weighted by atomic mass is 10.2. The summed E-state index contributed by atoms with van der Waals surface area (Å²) in [4.78, 5) is 4.67. The van der Waals surface area contributed by atoms with Crippen LogP contribution in [-0.2, 0) is 18.5 Å². The van der Waals surface area contributed by atoms with Crippen molar-refractivity contribution >= 4 is 10.9 Å². The average molecular weight is 206 g/mol. The molecule has 2 N–H and O–H groups in total. The summed E-state index contributed by atoms with van der Waals surface area (Å²) < 4.78 is 7.32. The SMILES string of the molecule is COc1cccc2c(CON)cn(C)c12. The Morgan fingerprint density at radius 3 is 2.87 bits per heavy atom. The van der Waals surface area contributed by atoms with Crippen molar-refractivity contribution < 1.29 is 9.57 Å². The Morgan fingerprint density at radius 2 is 2.20 bits per heavy atom. The third kappa shape index (κ3) is 1.58. The number of rotatable bonds is 3. The normalized spacial score (nSPS) is 10.9. The molecule has 1 heterocycles. The van der Waals surface area contributed by atoms with Gasteiger partial charge in [-0.25, -0.2) is 5.90 Å². The fourth-order valence-corrected chi connectivity index (χ4v) is 1.88. The van der Waals surface area contributed by atoms with Gasteiger partial charge in [-0.2, -0.15) is 0 Å². The van der Waals surface area contributed by atoms with Gasteiger partial charge < -0.3 is 9.30 Å². The number of hydrogen-bond donors (Lipinski definition) is 1. The number of aromatic nitrogens is 1. The van der Waals surface area contributed by atoms with E-state index in [0.29, 0.717) is 6.61 Å². The van der Waals surface area contributed by atoms with Gasteiger partial charge in [0.25, 0.3) is 0 Å². The van der Waals surface area contributed by atoms with Crippen molar-refractivity contribution in [1.82, 2.24) is 4.57 Å². The summed E-state index contributed by atoms with van der Waals surface area (Å²) in [5.41, 5.74) is 2.13. The molecule has 0 bridgehead atoms. The molecule has 0 fully saturated rings. The molecule has 0 aliphatic rings. The highest BCUT2D eigenvalue weighted by Gasteiger charge is 2.10. The number of nitrogens with zero attached hydrogens (tertiary/aromatic N) is 1. The lowest BCUT2D eigenvalue weighted by Crippen LogP contribution is -1.97. The molecule has 0 radical (unpaired) electrons. The molecule has 15 heavy (non-hydrogen) atoms. The molecule has 1 aromatic carbocycles. The first-order valence-electron chi connectivity index (χ1n) is 4.70.